The van der Waals surface area contributed by atoms with Crippen molar-refractivity contribution in [3.8, 4) is 12.3 Å². The lowest BCUT2D eigenvalue weighted by molar-refractivity contribution is -0.0698. The summed E-state index contributed by atoms with van der Waals surface area (Å²) in [6, 6.07) is 6.88. The monoisotopic (exact) mass is 360 g/mol. The number of hydrogen-bond donors (Lipinski definition) is 1. The van der Waals surface area contributed by atoms with Crippen LogP contribution < -0.4 is 4.90 Å². The van der Waals surface area contributed by atoms with Crippen LogP contribution in [0, 0.1) is 18.2 Å². The zero-order valence-corrected chi connectivity index (χ0v) is 15.4. The van der Waals surface area contributed by atoms with E-state index in [1.807, 2.05) is 12.1 Å². The minimum atomic E-state index is -0.554. The van der Waals surface area contributed by atoms with Gasteiger partial charge in [-0.1, -0.05) is 24.5 Å². The van der Waals surface area contributed by atoms with E-state index < -0.39 is 11.7 Å². The summed E-state index contributed by atoms with van der Waals surface area (Å²) in [6.07, 6.45) is 10.3. The zero-order chi connectivity index (χ0) is 18.4. The highest BCUT2D eigenvalue weighted by Crippen LogP contribution is 2.31. The van der Waals surface area contributed by atoms with Gasteiger partial charge < -0.3 is 14.7 Å². The number of nitrogens with zero attached hydrogens (tertiary/aromatic N) is 2. The summed E-state index contributed by atoms with van der Waals surface area (Å²) >= 11 is 0. The third-order valence-electron chi connectivity index (χ3n) is 5.51. The molecule has 1 aliphatic carbocycles. The second-order valence-corrected chi connectivity index (χ2v) is 7.40. The summed E-state index contributed by atoms with van der Waals surface area (Å²) in [7, 11) is 0. The van der Waals surface area contributed by atoms with Crippen LogP contribution in [0.15, 0.2) is 24.3 Å². The molecule has 0 radical (unpaired) electrons. The Balaban J connectivity index is 1.43. The number of terminal acetylenes is 1. The highest BCUT2D eigenvalue weighted by molar-refractivity contribution is 5.47. The molecule has 3 rings (SSSR count). The van der Waals surface area contributed by atoms with Crippen LogP contribution in [0.5, 0.6) is 0 Å². The maximum absolute atomic E-state index is 13.9. The predicted octanol–water partition coefficient (Wildman–Crippen LogP) is 2.66. The van der Waals surface area contributed by atoms with Gasteiger partial charge in [-0.25, -0.2) is 4.39 Å². The molecule has 1 N–H and O–H groups in total. The Bertz CT molecular complexity index is 617. The van der Waals surface area contributed by atoms with Crippen molar-refractivity contribution in [2.24, 2.45) is 0 Å². The lowest BCUT2D eigenvalue weighted by atomic mass is 9.85. The Kier molecular flexibility index (Phi) is 6.53. The summed E-state index contributed by atoms with van der Waals surface area (Å²) < 4.78 is 19.9. The molecule has 0 aromatic heterocycles. The minimum Gasteiger partial charge on any atom is -0.389 e. The maximum Gasteiger partial charge on any atom is 0.146 e. The van der Waals surface area contributed by atoms with Gasteiger partial charge >= 0.3 is 0 Å². The Hall–Kier alpha value is -1.61. The van der Waals surface area contributed by atoms with E-state index >= 15 is 0 Å². The van der Waals surface area contributed by atoms with Gasteiger partial charge in [0.15, 0.2) is 0 Å². The van der Waals surface area contributed by atoms with Gasteiger partial charge in [0.2, 0.25) is 0 Å². The van der Waals surface area contributed by atoms with Gasteiger partial charge in [-0.3, -0.25) is 4.90 Å². The summed E-state index contributed by atoms with van der Waals surface area (Å²) in [5.74, 6) is 2.64. The number of rotatable bonds is 6. The van der Waals surface area contributed by atoms with Crippen molar-refractivity contribution in [3.05, 3.63) is 30.1 Å². The number of hydrogen-bond acceptors (Lipinski definition) is 4. The van der Waals surface area contributed by atoms with Gasteiger partial charge in [-0.05, 0) is 37.8 Å². The van der Waals surface area contributed by atoms with Crippen molar-refractivity contribution in [1.29, 1.82) is 0 Å². The average molecular weight is 360 g/mol. The fourth-order valence-electron chi connectivity index (χ4n) is 3.94. The second-order valence-electron chi connectivity index (χ2n) is 7.40. The third kappa shape index (κ3) is 4.76. The molecular formula is C21H29FN2O2. The van der Waals surface area contributed by atoms with Crippen molar-refractivity contribution in [3.63, 3.8) is 0 Å². The number of piperazine rings is 1. The van der Waals surface area contributed by atoms with Gasteiger partial charge in [0.1, 0.15) is 11.4 Å². The largest absolute Gasteiger partial charge is 0.389 e. The molecule has 1 aliphatic heterocycles. The third-order valence-corrected chi connectivity index (χ3v) is 5.51. The highest BCUT2D eigenvalue weighted by Gasteiger charge is 2.31. The molecule has 1 aromatic carbocycles. The number of para-hydroxylation sites is 1. The second kappa shape index (κ2) is 8.85. The highest BCUT2D eigenvalue weighted by atomic mass is 19.1. The molecule has 1 aromatic rings. The SMILES string of the molecule is C#CC1(OC[C@H](O)CN2CCN(c3ccccc3F)CC2)CCCCC1. The average Bonchev–Trinajstić information content (AvgIpc) is 2.68. The first-order valence-corrected chi connectivity index (χ1v) is 9.63. The Morgan fingerprint density at radius 2 is 1.85 bits per heavy atom. The van der Waals surface area contributed by atoms with Crippen LogP contribution in [0.3, 0.4) is 0 Å². The van der Waals surface area contributed by atoms with Gasteiger partial charge in [0, 0.05) is 32.7 Å². The van der Waals surface area contributed by atoms with Crippen LogP contribution in [-0.4, -0.2) is 61.0 Å². The Morgan fingerprint density at radius 1 is 1.15 bits per heavy atom. The maximum atomic E-state index is 13.9. The first-order valence-electron chi connectivity index (χ1n) is 9.63. The number of benzene rings is 1. The van der Waals surface area contributed by atoms with E-state index in [1.54, 1.807) is 6.07 Å². The molecule has 1 atom stereocenters. The molecule has 0 spiro atoms. The molecule has 1 saturated heterocycles. The van der Waals surface area contributed by atoms with Crippen molar-refractivity contribution < 1.29 is 14.2 Å². The molecule has 2 aliphatic rings. The number of anilines is 1. The van der Waals surface area contributed by atoms with Crippen molar-refractivity contribution in [1.82, 2.24) is 4.90 Å². The summed E-state index contributed by atoms with van der Waals surface area (Å²) in [6.45, 7) is 3.94. The lowest BCUT2D eigenvalue weighted by Gasteiger charge is -2.37. The van der Waals surface area contributed by atoms with E-state index in [-0.39, 0.29) is 12.4 Å². The zero-order valence-electron chi connectivity index (χ0n) is 15.4. The summed E-state index contributed by atoms with van der Waals surface area (Å²) in [4.78, 5) is 4.26. The number of halogens is 1. The van der Waals surface area contributed by atoms with Crippen LogP contribution in [0.4, 0.5) is 10.1 Å². The lowest BCUT2D eigenvalue weighted by Crippen LogP contribution is -2.49. The Labute approximate surface area is 155 Å². The van der Waals surface area contributed by atoms with Crippen LogP contribution in [0.2, 0.25) is 0 Å². The van der Waals surface area contributed by atoms with E-state index in [0.717, 1.165) is 51.9 Å². The van der Waals surface area contributed by atoms with E-state index in [2.05, 4.69) is 15.7 Å². The molecule has 0 unspecified atom stereocenters. The molecule has 1 saturated carbocycles. The number of aliphatic hydroxyl groups is 1. The fourth-order valence-corrected chi connectivity index (χ4v) is 3.94. The van der Waals surface area contributed by atoms with Gasteiger partial charge in [-0.15, -0.1) is 6.42 Å². The van der Waals surface area contributed by atoms with E-state index in [0.29, 0.717) is 12.2 Å². The quantitative estimate of drug-likeness (QED) is 0.792. The molecule has 142 valence electrons. The number of β-amino-alcohol motifs (C(OH)–C–C–N with tert-alkyl or cyclic N) is 1. The molecule has 2 fully saturated rings. The molecule has 0 amide bonds. The molecule has 4 nitrogen and oxygen atoms in total. The van der Waals surface area contributed by atoms with Crippen molar-refractivity contribution in [2.75, 3.05) is 44.2 Å². The molecule has 5 heteroatoms. The molecular weight excluding hydrogens is 331 g/mol. The van der Waals surface area contributed by atoms with Crippen LogP contribution in [0.25, 0.3) is 0 Å². The molecule has 1 heterocycles. The van der Waals surface area contributed by atoms with Crippen molar-refractivity contribution in [2.45, 2.75) is 43.8 Å². The number of aliphatic hydroxyl groups excluding tert-OH is 1. The molecule has 0 bridgehead atoms. The van der Waals surface area contributed by atoms with Crippen LogP contribution in [-0.2, 0) is 4.74 Å². The standard InChI is InChI=1S/C21H29FN2O2/c1-2-21(10-6-3-7-11-21)26-17-18(25)16-23-12-14-24(15-13-23)20-9-5-4-8-19(20)22/h1,4-5,8-9,18,25H,3,6-7,10-17H2/t18-/m1/s1. The topological polar surface area (TPSA) is 35.9 Å². The van der Waals surface area contributed by atoms with Crippen molar-refractivity contribution >= 4 is 5.69 Å². The first-order chi connectivity index (χ1) is 12.6. The van der Waals surface area contributed by atoms with E-state index in [4.69, 9.17) is 11.2 Å². The number of ether oxygens (including phenoxy) is 1. The van der Waals surface area contributed by atoms with Gasteiger partial charge in [0.05, 0.1) is 18.4 Å². The van der Waals surface area contributed by atoms with E-state index in [1.165, 1.54) is 12.5 Å². The molecule has 26 heavy (non-hydrogen) atoms. The smallest absolute Gasteiger partial charge is 0.146 e. The van der Waals surface area contributed by atoms with Gasteiger partial charge in [0.25, 0.3) is 0 Å². The summed E-state index contributed by atoms with van der Waals surface area (Å²) in [5.41, 5.74) is 0.173. The van der Waals surface area contributed by atoms with Crippen LogP contribution >= 0.6 is 0 Å². The van der Waals surface area contributed by atoms with Gasteiger partial charge in [-0.2, -0.15) is 0 Å². The summed E-state index contributed by atoms with van der Waals surface area (Å²) in [5, 5.41) is 10.4. The predicted molar refractivity (Wildman–Crippen MR) is 102 cm³/mol. The van der Waals surface area contributed by atoms with E-state index in [9.17, 15) is 9.50 Å². The fraction of sp³-hybridized carbons (Fsp3) is 0.619. The van der Waals surface area contributed by atoms with Crippen LogP contribution in [0.1, 0.15) is 32.1 Å². The first kappa shape index (κ1) is 19.2. The minimum absolute atomic E-state index is 0.179. The normalized spacial score (nSPS) is 22.0. The Morgan fingerprint density at radius 3 is 2.50 bits per heavy atom.